The maximum atomic E-state index is 16.3. The molecule has 3 amide bonds. The minimum absolute atomic E-state index is 0.0486. The number of carbonyl (C=O) groups is 6. The first kappa shape index (κ1) is 118. The molecular formula is C93H147N3O48. The Kier molecular flexibility index (Phi) is 39.2. The predicted octanol–water partition coefficient (Wildman–Crippen LogP) is -6.70. The molecule has 6 aliphatic heterocycles. The highest BCUT2D eigenvalue weighted by Crippen LogP contribution is 2.76. The molecule has 5 aliphatic carbocycles. The van der Waals surface area contributed by atoms with Crippen LogP contribution in [0.15, 0.2) is 51.9 Å². The summed E-state index contributed by atoms with van der Waals surface area (Å²) in [6.45, 7) is 16.1. The van der Waals surface area contributed by atoms with Crippen molar-refractivity contribution in [2.24, 2.45) is 55.3 Å². The zero-order valence-electron chi connectivity index (χ0n) is 82.0. The Hall–Kier alpha value is -6.55. The molecule has 0 spiro atoms. The lowest BCUT2D eigenvalue weighted by Crippen LogP contribution is -2.69. The quantitative estimate of drug-likeness (QED) is 0.00311. The summed E-state index contributed by atoms with van der Waals surface area (Å²) in [5.41, 5.74) is -3.85. The third-order valence-electron chi connectivity index (χ3n) is 31.5. The molecule has 4 saturated carbocycles. The molecule has 51 heteroatoms. The maximum Gasteiger partial charge on any atom is 0.335 e. The van der Waals surface area contributed by atoms with Crippen LogP contribution in [-0.4, -0.2) is 445 Å². The summed E-state index contributed by atoms with van der Waals surface area (Å²) in [6, 6.07) is 0. The number of nitrogens with one attached hydrogen (secondary N) is 1. The molecule has 0 aromatic rings. The Morgan fingerprint density at radius 2 is 1.19 bits per heavy atom. The number of ether oxygens (including phenoxy) is 15. The van der Waals surface area contributed by atoms with E-state index in [4.69, 9.17) is 71.1 Å². The van der Waals surface area contributed by atoms with Crippen LogP contribution in [0.1, 0.15) is 179 Å². The number of allylic oxidation sites excluding steroid dienone is 2. The maximum absolute atomic E-state index is 16.3. The number of hydrazone groups is 1. The predicted molar refractivity (Wildman–Crippen MR) is 478 cm³/mol. The first-order chi connectivity index (χ1) is 67.4. The largest absolute Gasteiger partial charge is 0.506 e. The summed E-state index contributed by atoms with van der Waals surface area (Å²) in [5, 5.41) is 309. The molecule has 0 bridgehead atoms. The Balaban J connectivity index is 0.935. The van der Waals surface area contributed by atoms with E-state index in [9.17, 15) is 162 Å². The van der Waals surface area contributed by atoms with Crippen molar-refractivity contribution in [3.63, 3.8) is 0 Å². The SMILES string of the molecule is CCC(OC(O)C(O)C(OC1OCC(O)C(O)C1O)C(CC)OC(C)=O)/C(O)=C(\OC1OC(C)C(OC(O)/C(O)=C(/OC2OC(CO)C(O)C(O)C2O)C(C)O)C(O)C1O)C(O)OC(=O)[C@]12CCC(C)(C)CC1C1=CCC3[C@@]4(C)CC[C@H](OC5OC(C(=O)O)C(O)C(OC(O)C(O)C(O)C(C)O)C5OC5OC(CO)C(O)C(O)C5O)[C@@](C)(/C=N/NC(=O)CCCCCN5C(=O)C=CC5=O)C4CC[C@@]3(C)[C@]1(C)C[C@H]2O. The van der Waals surface area contributed by atoms with Gasteiger partial charge in [0.1, 0.15) is 152 Å². The van der Waals surface area contributed by atoms with Gasteiger partial charge in [-0.05, 0) is 144 Å². The lowest BCUT2D eigenvalue weighted by molar-refractivity contribution is -0.386. The van der Waals surface area contributed by atoms with Crippen molar-refractivity contribution < 1.29 is 238 Å². The highest BCUT2D eigenvalue weighted by atomic mass is 16.8. The topological polar surface area (TPSA) is 815 Å². The lowest BCUT2D eigenvalue weighted by Gasteiger charge is -2.71. The van der Waals surface area contributed by atoms with Gasteiger partial charge in [0, 0.05) is 43.7 Å². The Morgan fingerprint density at radius 1 is 0.583 bits per heavy atom. The summed E-state index contributed by atoms with van der Waals surface area (Å²) in [6.07, 6.45) is -73.0. The number of unbranched alkanes of at least 4 members (excludes halogenated alkanes) is 2. The molecule has 11 rings (SSSR count). The molecule has 46 atom stereocenters. The van der Waals surface area contributed by atoms with E-state index < -0.39 is 369 Å². The second-order valence-corrected chi connectivity index (χ2v) is 41.4. The molecule has 5 saturated heterocycles. The highest BCUT2D eigenvalue weighted by Gasteiger charge is 2.73. The number of amides is 3. The molecule has 39 unspecified atom stereocenters. The van der Waals surface area contributed by atoms with Gasteiger partial charge in [-0.3, -0.25) is 28.9 Å². The average molecular weight is 2080 g/mol. The Morgan fingerprint density at radius 3 is 1.78 bits per heavy atom. The van der Waals surface area contributed by atoms with Crippen LogP contribution in [-0.2, 0) is 99.8 Å². The fourth-order valence-electron chi connectivity index (χ4n) is 23.0. The summed E-state index contributed by atoms with van der Waals surface area (Å²) in [4.78, 5) is 81.7. The van der Waals surface area contributed by atoms with Gasteiger partial charge in [-0.1, -0.05) is 73.5 Å². The van der Waals surface area contributed by atoms with E-state index in [-0.39, 0.29) is 83.6 Å². The van der Waals surface area contributed by atoms with Gasteiger partial charge in [-0.15, -0.1) is 0 Å². The standard InChI is InChI=1S/C93H147N3O48/c1-13-43(133-79(126)69(122)72(44(14-2)132-39(6)101)140-82-63(116)55(108)42(102)34-130-82)58(111)75(142-83-66(119)61(114)71(38(5)131-83)137-80(127)68(121)70(37(4)100)139-84-64(117)59(112)56(109)45(32-97)134-84)81(128)144-87(129)93-28-27-88(7,8)30-41(93)40-19-20-48-89(9)25-24-50(90(10,47(89)23-26-91(48,11)92(40,12)31-49(93)103)35-94-95-51(104)18-16-15-17-29-96-52(105)21-22-53(96)106)136-86-76(143-85-65(118)60(113)57(110)46(33-98)135-85)73(67(120)74(141-86)77(123)124)138-78(125)62(115)54(107)36(3)99/h19,21-22,35-38,41-50,54-57,59-67,69,71-74,76,78-86,97-100,102-103,107-122,125-128H,13-18,20,23-34H2,1-12H3,(H,95,104)(H,123,124)/b70-68-,75-58+,94-35+/t36?,37?,38?,41?,42?,43?,44?,45?,46?,47?,48?,49-,50+,54?,55?,56?,57?,59?,60?,61?,62?,63?,64?,65?,66?,67?,69?,71?,72?,73?,74?,76?,78?,79?,80?,81?,82?,83?,84?,85?,86?,89+,90+,91-,92-,93-/m1/s1. The van der Waals surface area contributed by atoms with Gasteiger partial charge < -0.3 is 209 Å². The molecule has 0 aromatic heterocycles. The summed E-state index contributed by atoms with van der Waals surface area (Å²) in [5.74, 6) is -12.8. The van der Waals surface area contributed by atoms with Gasteiger partial charge in [-0.2, -0.15) is 5.10 Å². The van der Waals surface area contributed by atoms with Crippen LogP contribution < -0.4 is 5.43 Å². The van der Waals surface area contributed by atoms with Gasteiger partial charge in [0.05, 0.1) is 44.2 Å². The van der Waals surface area contributed by atoms with Crippen molar-refractivity contribution in [2.45, 2.75) is 413 Å². The van der Waals surface area contributed by atoms with E-state index in [1.807, 2.05) is 33.8 Å². The third kappa shape index (κ3) is 24.0. The molecule has 6 heterocycles. The van der Waals surface area contributed by atoms with Crippen LogP contribution >= 0.6 is 0 Å². The number of carboxylic acid groups (broad SMARTS) is 1. The number of hydrogen-bond acceptors (Lipinski definition) is 48. The Labute approximate surface area is 828 Å². The van der Waals surface area contributed by atoms with E-state index in [0.717, 1.165) is 44.7 Å². The molecule has 822 valence electrons. The van der Waals surface area contributed by atoms with Crippen LogP contribution in [0.4, 0.5) is 0 Å². The summed E-state index contributed by atoms with van der Waals surface area (Å²) < 4.78 is 88.1. The van der Waals surface area contributed by atoms with Gasteiger partial charge in [0.15, 0.2) is 54.8 Å². The average Bonchev–Trinajstić information content (AvgIpc) is 0.698. The van der Waals surface area contributed by atoms with Gasteiger partial charge >= 0.3 is 17.9 Å². The monoisotopic (exact) mass is 2070 g/mol. The number of aliphatic carboxylic acids is 1. The minimum Gasteiger partial charge on any atom is -0.506 e. The highest BCUT2D eigenvalue weighted by molar-refractivity contribution is 6.12. The van der Waals surface area contributed by atoms with Crippen LogP contribution in [0.3, 0.4) is 0 Å². The molecule has 144 heavy (non-hydrogen) atoms. The normalized spacial score (nSPS) is 41.5. The van der Waals surface area contributed by atoms with Crippen molar-refractivity contribution in [1.29, 1.82) is 0 Å². The van der Waals surface area contributed by atoms with Crippen molar-refractivity contribution >= 4 is 41.8 Å². The zero-order chi connectivity index (χ0) is 107. The lowest BCUT2D eigenvalue weighted by atomic mass is 9.33. The Bertz CT molecular complexity index is 4490. The van der Waals surface area contributed by atoms with Crippen molar-refractivity contribution in [3.8, 4) is 0 Å². The molecule has 0 radical (unpaired) electrons. The number of nitrogens with zero attached hydrogens (tertiary/aromatic N) is 2. The second-order valence-electron chi connectivity index (χ2n) is 41.4. The van der Waals surface area contributed by atoms with Gasteiger partial charge in [0.25, 0.3) is 18.1 Å². The number of carboxylic acids is 1. The third-order valence-corrected chi connectivity index (χ3v) is 31.5. The number of rotatable bonds is 42. The van der Waals surface area contributed by atoms with Gasteiger partial charge in [0.2, 0.25) is 30.5 Å². The van der Waals surface area contributed by atoms with E-state index >= 15 is 4.79 Å². The summed E-state index contributed by atoms with van der Waals surface area (Å²) >= 11 is 0. The summed E-state index contributed by atoms with van der Waals surface area (Å²) in [7, 11) is 0. The van der Waals surface area contributed by atoms with Crippen molar-refractivity contribution in [2.75, 3.05) is 26.4 Å². The number of fused-ring (bicyclic) bond motifs is 7. The van der Waals surface area contributed by atoms with E-state index in [0.29, 0.717) is 18.4 Å². The van der Waals surface area contributed by atoms with Gasteiger partial charge in [-0.25, -0.2) is 10.2 Å². The second kappa shape index (κ2) is 48.0. The fourth-order valence-corrected chi connectivity index (χ4v) is 23.0. The first-order valence-corrected chi connectivity index (χ1v) is 48.6. The van der Waals surface area contributed by atoms with Crippen LogP contribution in [0, 0.1) is 50.2 Å². The molecule has 28 N–H and O–H groups in total. The molecule has 11 aliphatic rings. The smallest absolute Gasteiger partial charge is 0.335 e. The van der Waals surface area contributed by atoms with Crippen LogP contribution in [0.5, 0.6) is 0 Å². The van der Waals surface area contributed by atoms with Crippen LogP contribution in [0.25, 0.3) is 0 Å². The van der Waals surface area contributed by atoms with Crippen molar-refractivity contribution in [3.05, 3.63) is 46.8 Å². The zero-order valence-corrected chi connectivity index (χ0v) is 82.0. The molecule has 0 aromatic carbocycles. The number of aliphatic hydroxyl groups is 26. The number of esters is 2. The minimum atomic E-state index is -2.94. The molecule has 9 fully saturated rings. The van der Waals surface area contributed by atoms with E-state index in [1.165, 1.54) is 20.1 Å². The van der Waals surface area contributed by atoms with Crippen molar-refractivity contribution in [1.82, 2.24) is 10.3 Å². The number of hydrogen-bond donors (Lipinski definition) is 28. The van der Waals surface area contributed by atoms with E-state index in [1.54, 1.807) is 6.92 Å². The van der Waals surface area contributed by atoms with E-state index in [2.05, 4.69) is 17.5 Å². The first-order valence-electron chi connectivity index (χ1n) is 48.6. The molecular weight excluding hydrogens is 1930 g/mol. The fraction of sp³-hybridized carbons (Fsp3) is 0.839. The molecule has 51 nitrogen and oxygen atoms in total. The van der Waals surface area contributed by atoms with Crippen LogP contribution in [0.2, 0.25) is 0 Å². The number of aliphatic hydroxyl groups excluding tert-OH is 26. The number of carbonyl (C=O) groups excluding carboxylic acids is 5. The number of imide groups is 1.